The van der Waals surface area contributed by atoms with Gasteiger partial charge in [-0.05, 0) is 42.9 Å². The first-order valence-corrected chi connectivity index (χ1v) is 6.32. The van der Waals surface area contributed by atoms with Gasteiger partial charge in [0.15, 0.2) is 0 Å². The van der Waals surface area contributed by atoms with Gasteiger partial charge in [-0.15, -0.1) is 0 Å². The smallest absolute Gasteiger partial charge is 0.0670 e. The molecule has 2 aromatic rings. The third kappa shape index (κ3) is 2.14. The SMILES string of the molecule is CC1(C)CCC(Nc2ccc3cn[nH]c3c2)C1. The topological polar surface area (TPSA) is 40.7 Å². The van der Waals surface area contributed by atoms with Gasteiger partial charge < -0.3 is 5.32 Å². The van der Waals surface area contributed by atoms with Gasteiger partial charge in [-0.25, -0.2) is 0 Å². The van der Waals surface area contributed by atoms with E-state index in [1.54, 1.807) is 0 Å². The molecule has 3 heteroatoms. The lowest BCUT2D eigenvalue weighted by molar-refractivity contribution is 0.378. The molecule has 1 aliphatic carbocycles. The Bertz CT molecular complexity index is 527. The Morgan fingerprint density at radius 1 is 1.41 bits per heavy atom. The summed E-state index contributed by atoms with van der Waals surface area (Å²) in [4.78, 5) is 0. The second-order valence-corrected chi connectivity index (χ2v) is 5.92. The second kappa shape index (κ2) is 3.76. The number of fused-ring (bicyclic) bond motifs is 1. The molecule has 0 saturated heterocycles. The normalized spacial score (nSPS) is 23.1. The van der Waals surface area contributed by atoms with Crippen LogP contribution in [0.15, 0.2) is 24.4 Å². The van der Waals surface area contributed by atoms with Crippen molar-refractivity contribution in [1.82, 2.24) is 10.2 Å². The van der Waals surface area contributed by atoms with Gasteiger partial charge in [0.2, 0.25) is 0 Å². The summed E-state index contributed by atoms with van der Waals surface area (Å²) >= 11 is 0. The summed E-state index contributed by atoms with van der Waals surface area (Å²) in [6.07, 6.45) is 5.71. The number of anilines is 1. The van der Waals surface area contributed by atoms with Crippen LogP contribution in [-0.2, 0) is 0 Å². The van der Waals surface area contributed by atoms with E-state index in [9.17, 15) is 0 Å². The van der Waals surface area contributed by atoms with Crippen LogP contribution < -0.4 is 5.32 Å². The van der Waals surface area contributed by atoms with Gasteiger partial charge in [-0.3, -0.25) is 5.10 Å². The fourth-order valence-corrected chi connectivity index (χ4v) is 2.82. The maximum Gasteiger partial charge on any atom is 0.0670 e. The van der Waals surface area contributed by atoms with Gasteiger partial charge in [0.1, 0.15) is 0 Å². The zero-order chi connectivity index (χ0) is 11.9. The van der Waals surface area contributed by atoms with E-state index in [0.29, 0.717) is 11.5 Å². The van der Waals surface area contributed by atoms with Gasteiger partial charge in [0.25, 0.3) is 0 Å². The Morgan fingerprint density at radius 2 is 2.29 bits per heavy atom. The highest BCUT2D eigenvalue weighted by molar-refractivity contribution is 5.81. The lowest BCUT2D eigenvalue weighted by Gasteiger charge is -2.18. The molecule has 0 amide bonds. The molecule has 1 unspecified atom stereocenters. The van der Waals surface area contributed by atoms with Crippen LogP contribution in [0.1, 0.15) is 33.1 Å². The van der Waals surface area contributed by atoms with Crippen LogP contribution in [0.4, 0.5) is 5.69 Å². The summed E-state index contributed by atoms with van der Waals surface area (Å²) in [6, 6.07) is 7.02. The number of aromatic nitrogens is 2. The summed E-state index contributed by atoms with van der Waals surface area (Å²) in [7, 11) is 0. The first-order chi connectivity index (χ1) is 8.12. The number of hydrogen-bond donors (Lipinski definition) is 2. The minimum absolute atomic E-state index is 0.496. The Labute approximate surface area is 102 Å². The Kier molecular flexibility index (Phi) is 2.35. The predicted octanol–water partition coefficient (Wildman–Crippen LogP) is 3.55. The van der Waals surface area contributed by atoms with Crippen molar-refractivity contribution in [3.05, 3.63) is 24.4 Å². The molecule has 1 heterocycles. The highest BCUT2D eigenvalue weighted by Crippen LogP contribution is 2.38. The molecule has 0 bridgehead atoms. The van der Waals surface area contributed by atoms with E-state index in [1.807, 2.05) is 6.20 Å². The average molecular weight is 229 g/mol. The molecular formula is C14H19N3. The number of nitrogens with one attached hydrogen (secondary N) is 2. The van der Waals surface area contributed by atoms with Crippen molar-refractivity contribution in [1.29, 1.82) is 0 Å². The minimum atomic E-state index is 0.496. The standard InChI is InChI=1S/C14H19N3/c1-14(2)6-5-12(8-14)16-11-4-3-10-9-15-17-13(10)7-11/h3-4,7,9,12,16H,5-6,8H2,1-2H3,(H,15,17). The Balaban J connectivity index is 1.76. The lowest BCUT2D eigenvalue weighted by Crippen LogP contribution is -2.17. The fourth-order valence-electron chi connectivity index (χ4n) is 2.82. The van der Waals surface area contributed by atoms with Gasteiger partial charge in [-0.1, -0.05) is 13.8 Å². The van der Waals surface area contributed by atoms with E-state index in [0.717, 1.165) is 5.52 Å². The van der Waals surface area contributed by atoms with Gasteiger partial charge in [0.05, 0.1) is 11.7 Å². The van der Waals surface area contributed by atoms with Crippen LogP contribution in [0.3, 0.4) is 0 Å². The van der Waals surface area contributed by atoms with Gasteiger partial charge >= 0.3 is 0 Å². The molecule has 1 fully saturated rings. The molecule has 0 spiro atoms. The monoisotopic (exact) mass is 229 g/mol. The predicted molar refractivity (Wildman–Crippen MR) is 71.1 cm³/mol. The number of H-pyrrole nitrogens is 1. The largest absolute Gasteiger partial charge is 0.382 e. The first kappa shape index (κ1) is 10.6. The summed E-state index contributed by atoms with van der Waals surface area (Å²) in [5.41, 5.74) is 2.80. The average Bonchev–Trinajstić information content (AvgIpc) is 2.84. The molecule has 1 saturated carbocycles. The molecule has 17 heavy (non-hydrogen) atoms. The molecule has 90 valence electrons. The first-order valence-electron chi connectivity index (χ1n) is 6.32. The highest BCUT2D eigenvalue weighted by Gasteiger charge is 2.30. The summed E-state index contributed by atoms with van der Waals surface area (Å²) in [5, 5.41) is 11.9. The maximum absolute atomic E-state index is 4.04. The Hall–Kier alpha value is -1.51. The molecule has 3 rings (SSSR count). The number of nitrogens with zero attached hydrogens (tertiary/aromatic N) is 1. The molecule has 0 radical (unpaired) electrons. The van der Waals surface area contributed by atoms with Crippen molar-refractivity contribution in [3.8, 4) is 0 Å². The van der Waals surface area contributed by atoms with Crippen LogP contribution in [0, 0.1) is 5.41 Å². The van der Waals surface area contributed by atoms with Crippen LogP contribution >= 0.6 is 0 Å². The van der Waals surface area contributed by atoms with Crippen LogP contribution in [-0.4, -0.2) is 16.2 Å². The third-order valence-corrected chi connectivity index (χ3v) is 3.78. The zero-order valence-corrected chi connectivity index (χ0v) is 10.5. The summed E-state index contributed by atoms with van der Waals surface area (Å²) in [6.45, 7) is 4.71. The van der Waals surface area contributed by atoms with Gasteiger partial charge in [-0.2, -0.15) is 5.10 Å². The van der Waals surface area contributed by atoms with Crippen molar-refractivity contribution < 1.29 is 0 Å². The van der Waals surface area contributed by atoms with E-state index in [-0.39, 0.29) is 0 Å². The summed E-state index contributed by atoms with van der Waals surface area (Å²) < 4.78 is 0. The van der Waals surface area contributed by atoms with Crippen molar-refractivity contribution in [2.45, 2.75) is 39.2 Å². The third-order valence-electron chi connectivity index (χ3n) is 3.78. The van der Waals surface area contributed by atoms with Gasteiger partial charge in [0, 0.05) is 17.1 Å². The molecule has 1 atom stereocenters. The zero-order valence-electron chi connectivity index (χ0n) is 10.5. The maximum atomic E-state index is 4.04. The number of aromatic amines is 1. The van der Waals surface area contributed by atoms with Crippen molar-refractivity contribution >= 4 is 16.6 Å². The van der Waals surface area contributed by atoms with E-state index in [1.165, 1.54) is 30.3 Å². The van der Waals surface area contributed by atoms with Crippen molar-refractivity contribution in [2.24, 2.45) is 5.41 Å². The van der Waals surface area contributed by atoms with Crippen LogP contribution in [0.25, 0.3) is 10.9 Å². The van der Waals surface area contributed by atoms with Crippen molar-refractivity contribution in [3.63, 3.8) is 0 Å². The molecule has 0 aliphatic heterocycles. The fraction of sp³-hybridized carbons (Fsp3) is 0.500. The molecule has 2 N–H and O–H groups in total. The summed E-state index contributed by atoms with van der Waals surface area (Å²) in [5.74, 6) is 0. The van der Waals surface area contributed by atoms with Crippen molar-refractivity contribution in [2.75, 3.05) is 5.32 Å². The number of hydrogen-bond acceptors (Lipinski definition) is 2. The lowest BCUT2D eigenvalue weighted by atomic mass is 9.92. The molecular weight excluding hydrogens is 210 g/mol. The van der Waals surface area contributed by atoms with E-state index in [2.05, 4.69) is 47.6 Å². The second-order valence-electron chi connectivity index (χ2n) is 5.92. The van der Waals surface area contributed by atoms with E-state index >= 15 is 0 Å². The quantitative estimate of drug-likeness (QED) is 0.826. The molecule has 1 aliphatic rings. The Morgan fingerprint density at radius 3 is 3.06 bits per heavy atom. The number of benzene rings is 1. The minimum Gasteiger partial charge on any atom is -0.382 e. The van der Waals surface area contributed by atoms with E-state index < -0.39 is 0 Å². The highest BCUT2D eigenvalue weighted by atomic mass is 15.1. The molecule has 1 aromatic carbocycles. The van der Waals surface area contributed by atoms with Crippen LogP contribution in [0.2, 0.25) is 0 Å². The van der Waals surface area contributed by atoms with E-state index in [4.69, 9.17) is 0 Å². The molecule has 3 nitrogen and oxygen atoms in total. The van der Waals surface area contributed by atoms with Crippen LogP contribution in [0.5, 0.6) is 0 Å². The number of rotatable bonds is 2. The molecule has 1 aromatic heterocycles.